The van der Waals surface area contributed by atoms with Gasteiger partial charge in [-0.25, -0.2) is 0 Å². The van der Waals surface area contributed by atoms with Crippen molar-refractivity contribution in [3.05, 3.63) is 151 Å². The Balaban J connectivity index is 0.000000236. The topological polar surface area (TPSA) is 43.3 Å². The quantitative estimate of drug-likeness (QED) is 0.167. The summed E-state index contributed by atoms with van der Waals surface area (Å²) >= 11 is 0. The molecule has 10 aromatic rings. The van der Waals surface area contributed by atoms with Crippen molar-refractivity contribution in [1.29, 1.82) is 0 Å². The maximum atomic E-state index is 6.29. The molecule has 10 rings (SSSR count). The van der Waals surface area contributed by atoms with Crippen molar-refractivity contribution in [2.24, 2.45) is 5.41 Å². The standard InChI is InChI=1S/C34H25N2O.C11H8N.Ir/c1-34(2,3)19-20-14-26-23-16-21(28-9-6-7-13-35-28)11-12-29(23)36-30-17-25-22-8-4-5-10-31(22)37-32(25)18-24(30)27(15-20)33(26)36;1-2-6-10(7-3-1)11-8-4-5-9-12-11;/h4-10,12-18H,19H2,1-3H3;1-6,8-9H;/q2*-1;. The summed E-state index contributed by atoms with van der Waals surface area (Å²) in [5, 5.41) is 7.36. The number of furan rings is 1. The Hall–Kier alpha value is -5.35. The summed E-state index contributed by atoms with van der Waals surface area (Å²) in [4.78, 5) is 8.80. The van der Waals surface area contributed by atoms with Crippen LogP contribution in [-0.2, 0) is 26.5 Å². The van der Waals surface area contributed by atoms with Crippen molar-refractivity contribution in [2.45, 2.75) is 27.2 Å². The summed E-state index contributed by atoms with van der Waals surface area (Å²) in [6, 6.07) is 48.4. The number of nitrogens with zero attached hydrogens (tertiary/aromatic N) is 3. The predicted octanol–water partition coefficient (Wildman–Crippen LogP) is 11.7. The first-order valence-corrected chi connectivity index (χ1v) is 16.7. The number of benzene rings is 5. The van der Waals surface area contributed by atoms with Crippen molar-refractivity contribution in [2.75, 3.05) is 0 Å². The molecule has 0 saturated carbocycles. The van der Waals surface area contributed by atoms with Crippen LogP contribution in [0.5, 0.6) is 0 Å². The van der Waals surface area contributed by atoms with E-state index in [2.05, 4.69) is 102 Å². The van der Waals surface area contributed by atoms with Crippen molar-refractivity contribution in [3.63, 3.8) is 0 Å². The van der Waals surface area contributed by atoms with Gasteiger partial charge in [-0.15, -0.1) is 59.7 Å². The van der Waals surface area contributed by atoms with Crippen LogP contribution >= 0.6 is 0 Å². The van der Waals surface area contributed by atoms with Crippen LogP contribution in [0.15, 0.2) is 138 Å². The van der Waals surface area contributed by atoms with Crippen LogP contribution < -0.4 is 0 Å². The predicted molar refractivity (Wildman–Crippen MR) is 202 cm³/mol. The molecule has 0 amide bonds. The molecule has 5 heterocycles. The summed E-state index contributed by atoms with van der Waals surface area (Å²) < 4.78 is 8.72. The summed E-state index contributed by atoms with van der Waals surface area (Å²) in [5.41, 5.74) is 11.0. The first-order valence-electron chi connectivity index (χ1n) is 16.7. The zero-order chi connectivity index (χ0) is 33.1. The van der Waals surface area contributed by atoms with Crippen LogP contribution in [0, 0.1) is 17.5 Å². The second-order valence-electron chi connectivity index (χ2n) is 13.9. The van der Waals surface area contributed by atoms with Crippen LogP contribution in [-0.4, -0.2) is 14.4 Å². The van der Waals surface area contributed by atoms with Gasteiger partial charge in [-0.05, 0) is 76.1 Å². The molecule has 50 heavy (non-hydrogen) atoms. The number of hydrogen-bond donors (Lipinski definition) is 0. The molecule has 0 aliphatic rings. The number of fused-ring (bicyclic) bond motifs is 9. The van der Waals surface area contributed by atoms with Gasteiger partial charge in [0, 0.05) is 59.6 Å². The first-order chi connectivity index (χ1) is 23.9. The minimum atomic E-state index is 0. The van der Waals surface area contributed by atoms with Crippen molar-refractivity contribution < 1.29 is 24.5 Å². The summed E-state index contributed by atoms with van der Waals surface area (Å²) in [5.74, 6) is 0. The second-order valence-corrected chi connectivity index (χ2v) is 13.9. The summed E-state index contributed by atoms with van der Waals surface area (Å²) in [6.45, 7) is 6.92. The Labute approximate surface area is 304 Å². The average Bonchev–Trinajstić information content (AvgIpc) is 3.77. The normalized spacial score (nSPS) is 11.8. The molecule has 5 heteroatoms. The molecular weight excluding hydrogens is 791 g/mol. The number of rotatable bonds is 3. The van der Waals surface area contributed by atoms with Gasteiger partial charge in [0.15, 0.2) is 0 Å². The average molecular weight is 824 g/mol. The molecule has 5 aromatic carbocycles. The van der Waals surface area contributed by atoms with Gasteiger partial charge in [0.2, 0.25) is 0 Å². The van der Waals surface area contributed by atoms with Crippen LogP contribution in [0.25, 0.3) is 82.5 Å². The monoisotopic (exact) mass is 824 g/mol. The van der Waals surface area contributed by atoms with Gasteiger partial charge >= 0.3 is 0 Å². The maximum absolute atomic E-state index is 6.29. The van der Waals surface area contributed by atoms with Crippen molar-refractivity contribution in [1.82, 2.24) is 14.4 Å². The number of para-hydroxylation sites is 1. The zero-order valence-corrected chi connectivity index (χ0v) is 30.4. The minimum Gasteiger partial charge on any atom is -0.456 e. The molecule has 0 atom stereocenters. The molecule has 5 aromatic heterocycles. The van der Waals surface area contributed by atoms with E-state index in [9.17, 15) is 0 Å². The summed E-state index contributed by atoms with van der Waals surface area (Å²) in [6.07, 6.45) is 4.64. The number of pyridine rings is 2. The number of aromatic nitrogens is 3. The molecule has 245 valence electrons. The van der Waals surface area contributed by atoms with Gasteiger partial charge < -0.3 is 18.8 Å². The minimum absolute atomic E-state index is 0. The van der Waals surface area contributed by atoms with Gasteiger partial charge in [-0.1, -0.05) is 74.7 Å². The fourth-order valence-electron chi connectivity index (χ4n) is 7.22. The Bertz CT molecular complexity index is 2720. The van der Waals surface area contributed by atoms with Crippen LogP contribution in [0.3, 0.4) is 0 Å². The van der Waals surface area contributed by atoms with Gasteiger partial charge in [0.05, 0.1) is 5.52 Å². The first kappa shape index (κ1) is 31.9. The van der Waals surface area contributed by atoms with Gasteiger partial charge in [0.25, 0.3) is 0 Å². The molecule has 0 aliphatic carbocycles. The van der Waals surface area contributed by atoms with Crippen LogP contribution in [0.4, 0.5) is 0 Å². The Morgan fingerprint density at radius 1 is 0.600 bits per heavy atom. The molecule has 0 saturated heterocycles. The van der Waals surface area contributed by atoms with E-state index in [0.29, 0.717) is 0 Å². The fourth-order valence-corrected chi connectivity index (χ4v) is 7.22. The Morgan fingerprint density at radius 2 is 1.28 bits per heavy atom. The molecule has 0 spiro atoms. The zero-order valence-electron chi connectivity index (χ0n) is 28.0. The molecule has 1 radical (unpaired) electrons. The van der Waals surface area contributed by atoms with E-state index < -0.39 is 0 Å². The van der Waals surface area contributed by atoms with E-state index in [1.54, 1.807) is 6.20 Å². The maximum Gasteiger partial charge on any atom is 0.136 e. The summed E-state index contributed by atoms with van der Waals surface area (Å²) in [7, 11) is 0. The van der Waals surface area contributed by atoms with E-state index in [-0.39, 0.29) is 25.5 Å². The van der Waals surface area contributed by atoms with Crippen LogP contribution in [0.1, 0.15) is 26.3 Å². The third-order valence-corrected chi connectivity index (χ3v) is 9.20. The molecule has 0 bridgehead atoms. The SMILES string of the molecule is CC(C)(C)Cc1cc2c3cc(-c4ccccn4)[c-]cc3n3c4cc5c(cc4c(c1)c23)oc1ccccc15.[Ir].[c-]1ccccc1-c1ccccn1. The molecule has 0 unspecified atom stereocenters. The Kier molecular flexibility index (Phi) is 7.98. The third-order valence-electron chi connectivity index (χ3n) is 9.20. The van der Waals surface area contributed by atoms with E-state index >= 15 is 0 Å². The van der Waals surface area contributed by atoms with Crippen molar-refractivity contribution in [3.8, 4) is 22.5 Å². The second kappa shape index (κ2) is 12.5. The smallest absolute Gasteiger partial charge is 0.136 e. The number of hydrogen-bond acceptors (Lipinski definition) is 3. The van der Waals surface area contributed by atoms with E-state index in [0.717, 1.165) is 50.9 Å². The van der Waals surface area contributed by atoms with E-state index in [1.165, 1.54) is 43.7 Å². The fraction of sp³-hybridized carbons (Fsp3) is 0.111. The Morgan fingerprint density at radius 3 is 1.96 bits per heavy atom. The molecule has 4 nitrogen and oxygen atoms in total. The third kappa shape index (κ3) is 5.53. The molecular formula is C45H33IrN3O-2. The van der Waals surface area contributed by atoms with Gasteiger partial charge in [0.1, 0.15) is 11.2 Å². The van der Waals surface area contributed by atoms with Gasteiger partial charge in [-0.2, -0.15) is 0 Å². The molecule has 0 N–H and O–H groups in total. The van der Waals surface area contributed by atoms with E-state index in [1.807, 2.05) is 72.9 Å². The molecule has 0 fully saturated rings. The largest absolute Gasteiger partial charge is 0.456 e. The van der Waals surface area contributed by atoms with Crippen molar-refractivity contribution >= 4 is 60.0 Å². The van der Waals surface area contributed by atoms with Crippen LogP contribution in [0.2, 0.25) is 0 Å². The molecule has 0 aliphatic heterocycles. The van der Waals surface area contributed by atoms with E-state index in [4.69, 9.17) is 4.42 Å². The van der Waals surface area contributed by atoms with Gasteiger partial charge in [-0.3, -0.25) is 0 Å².